The molecule has 0 saturated carbocycles. The van der Waals surface area contributed by atoms with Crippen LogP contribution in [0.4, 0.5) is 5.69 Å². The van der Waals surface area contributed by atoms with Crippen LogP contribution >= 0.6 is 0 Å². The lowest BCUT2D eigenvalue weighted by Crippen LogP contribution is -3.15. The molecule has 3 rings (SSSR count). The molecule has 0 radical (unpaired) electrons. The number of amides is 1. The second kappa shape index (κ2) is 9.18. The number of nitrogens with zero attached hydrogens (tertiary/aromatic N) is 2. The smallest absolute Gasteiger partial charge is 0.283 e. The molecule has 2 atom stereocenters. The Balaban J connectivity index is 1.69. The molecule has 0 aliphatic heterocycles. The second-order valence-corrected chi connectivity index (χ2v) is 6.47. The minimum atomic E-state index is -0.316. The number of quaternary nitrogens is 1. The van der Waals surface area contributed by atoms with Gasteiger partial charge in [-0.3, -0.25) is 4.79 Å². The van der Waals surface area contributed by atoms with Crippen LogP contribution in [0.15, 0.2) is 51.5 Å². The van der Waals surface area contributed by atoms with Gasteiger partial charge >= 0.3 is 0 Å². The van der Waals surface area contributed by atoms with Gasteiger partial charge in [0, 0.05) is 0 Å². The standard InChI is InChI=1S/C20H24N4O4/c1-4-11-24(13-18-22-23-20(28-18)17-10-7-12-27-17)14(2)19(25)21-15-8-5-6-9-16(15)26-3/h5-10,12,14H,4,11,13H2,1-3H3,(H,21,25)/p+1/t14-/m0/s1. The maximum atomic E-state index is 12.8. The first-order valence-corrected chi connectivity index (χ1v) is 9.27. The van der Waals surface area contributed by atoms with Gasteiger partial charge in [-0.2, -0.15) is 0 Å². The Kier molecular flexibility index (Phi) is 6.44. The first-order chi connectivity index (χ1) is 13.6. The van der Waals surface area contributed by atoms with Crippen molar-refractivity contribution in [2.45, 2.75) is 32.9 Å². The second-order valence-electron chi connectivity index (χ2n) is 6.47. The van der Waals surface area contributed by atoms with Crippen molar-refractivity contribution < 1.29 is 23.3 Å². The van der Waals surface area contributed by atoms with Gasteiger partial charge in [-0.15, -0.1) is 10.2 Å². The zero-order chi connectivity index (χ0) is 19.9. The zero-order valence-electron chi connectivity index (χ0n) is 16.3. The molecule has 2 N–H and O–H groups in total. The molecule has 148 valence electrons. The van der Waals surface area contributed by atoms with Crippen LogP contribution < -0.4 is 15.0 Å². The Bertz CT molecular complexity index is 891. The van der Waals surface area contributed by atoms with Crippen LogP contribution in [-0.4, -0.2) is 35.8 Å². The Morgan fingerprint density at radius 1 is 1.25 bits per heavy atom. The summed E-state index contributed by atoms with van der Waals surface area (Å²) in [7, 11) is 1.58. The van der Waals surface area contributed by atoms with E-state index in [2.05, 4.69) is 22.4 Å². The third-order valence-corrected chi connectivity index (χ3v) is 4.52. The van der Waals surface area contributed by atoms with Gasteiger partial charge < -0.3 is 23.8 Å². The van der Waals surface area contributed by atoms with Crippen molar-refractivity contribution in [2.24, 2.45) is 0 Å². The van der Waals surface area contributed by atoms with E-state index in [0.717, 1.165) is 17.9 Å². The monoisotopic (exact) mass is 385 g/mol. The first-order valence-electron chi connectivity index (χ1n) is 9.27. The van der Waals surface area contributed by atoms with E-state index in [9.17, 15) is 4.79 Å². The normalized spacial score (nSPS) is 13.1. The summed E-state index contributed by atoms with van der Waals surface area (Å²) in [5, 5.41) is 11.1. The molecule has 0 spiro atoms. The highest BCUT2D eigenvalue weighted by Crippen LogP contribution is 2.23. The van der Waals surface area contributed by atoms with E-state index in [1.54, 1.807) is 25.5 Å². The van der Waals surface area contributed by atoms with Crippen molar-refractivity contribution in [1.29, 1.82) is 0 Å². The highest BCUT2D eigenvalue weighted by molar-refractivity contribution is 5.94. The Morgan fingerprint density at radius 3 is 2.79 bits per heavy atom. The van der Waals surface area contributed by atoms with Crippen LogP contribution in [0.3, 0.4) is 0 Å². The van der Waals surface area contributed by atoms with Crippen LogP contribution in [0.2, 0.25) is 0 Å². The molecule has 2 heterocycles. The SMILES string of the molecule is CCC[NH+](Cc1nnc(-c2ccco2)o1)[C@@H](C)C(=O)Nc1ccccc1OC. The molecule has 1 unspecified atom stereocenters. The maximum Gasteiger partial charge on any atom is 0.283 e. The lowest BCUT2D eigenvalue weighted by atomic mass is 10.2. The molecule has 28 heavy (non-hydrogen) atoms. The summed E-state index contributed by atoms with van der Waals surface area (Å²) in [5.74, 6) is 1.85. The minimum absolute atomic E-state index is 0.0984. The number of aromatic nitrogens is 2. The van der Waals surface area contributed by atoms with Gasteiger partial charge in [-0.25, -0.2) is 0 Å². The van der Waals surface area contributed by atoms with Crippen molar-refractivity contribution in [2.75, 3.05) is 19.0 Å². The highest BCUT2D eigenvalue weighted by atomic mass is 16.5. The van der Waals surface area contributed by atoms with E-state index in [-0.39, 0.29) is 11.9 Å². The molecule has 0 saturated heterocycles. The lowest BCUT2D eigenvalue weighted by Gasteiger charge is -2.24. The molecule has 1 aromatic carbocycles. The number of hydrogen-bond donors (Lipinski definition) is 2. The maximum absolute atomic E-state index is 12.8. The number of carbonyl (C=O) groups excluding carboxylic acids is 1. The van der Waals surface area contributed by atoms with Crippen molar-refractivity contribution in [3.05, 3.63) is 48.6 Å². The van der Waals surface area contributed by atoms with Gasteiger partial charge in [0.15, 0.2) is 18.3 Å². The summed E-state index contributed by atoms with van der Waals surface area (Å²) >= 11 is 0. The van der Waals surface area contributed by atoms with Gasteiger partial charge in [0.1, 0.15) is 5.75 Å². The zero-order valence-corrected chi connectivity index (χ0v) is 16.3. The van der Waals surface area contributed by atoms with Crippen molar-refractivity contribution >= 4 is 11.6 Å². The molecule has 0 fully saturated rings. The number of anilines is 1. The third-order valence-electron chi connectivity index (χ3n) is 4.52. The van der Waals surface area contributed by atoms with E-state index in [1.165, 1.54) is 0 Å². The van der Waals surface area contributed by atoms with E-state index in [1.807, 2.05) is 31.2 Å². The third kappa shape index (κ3) is 4.58. The highest BCUT2D eigenvalue weighted by Gasteiger charge is 2.27. The van der Waals surface area contributed by atoms with Crippen molar-refractivity contribution in [3.8, 4) is 17.4 Å². The van der Waals surface area contributed by atoms with Crippen LogP contribution in [-0.2, 0) is 11.3 Å². The average Bonchev–Trinajstić information content (AvgIpc) is 3.39. The largest absolute Gasteiger partial charge is 0.495 e. The molecule has 3 aromatic rings. The molecular formula is C20H25N4O4+. The molecule has 2 aromatic heterocycles. The molecule has 1 amide bonds. The minimum Gasteiger partial charge on any atom is -0.495 e. The fourth-order valence-corrected chi connectivity index (χ4v) is 2.97. The van der Waals surface area contributed by atoms with E-state index >= 15 is 0 Å². The fourth-order valence-electron chi connectivity index (χ4n) is 2.97. The number of methoxy groups -OCH3 is 1. The number of ether oxygens (including phenoxy) is 1. The first kappa shape index (κ1) is 19.6. The molecular weight excluding hydrogens is 360 g/mol. The van der Waals surface area contributed by atoms with Gasteiger partial charge in [0.05, 0.1) is 25.6 Å². The number of hydrogen-bond acceptors (Lipinski definition) is 6. The fraction of sp³-hybridized carbons (Fsp3) is 0.350. The predicted octanol–water partition coefficient (Wildman–Crippen LogP) is 2.16. The Morgan fingerprint density at radius 2 is 2.07 bits per heavy atom. The molecule has 0 aliphatic rings. The van der Waals surface area contributed by atoms with Gasteiger partial charge in [-0.1, -0.05) is 19.1 Å². The number of rotatable bonds is 9. The number of benzene rings is 1. The van der Waals surface area contributed by atoms with Crippen molar-refractivity contribution in [1.82, 2.24) is 10.2 Å². The van der Waals surface area contributed by atoms with Crippen molar-refractivity contribution in [3.63, 3.8) is 0 Å². The number of furan rings is 1. The lowest BCUT2D eigenvalue weighted by molar-refractivity contribution is -0.928. The van der Waals surface area contributed by atoms with Crippen LogP contribution in [0.5, 0.6) is 5.75 Å². The number of para-hydroxylation sites is 2. The van der Waals surface area contributed by atoms with E-state index < -0.39 is 0 Å². The summed E-state index contributed by atoms with van der Waals surface area (Å²) in [5.41, 5.74) is 0.649. The summed E-state index contributed by atoms with van der Waals surface area (Å²) in [6.45, 7) is 5.20. The molecule has 8 nitrogen and oxygen atoms in total. The van der Waals surface area contributed by atoms with E-state index in [0.29, 0.717) is 35.5 Å². The Hall–Kier alpha value is -3.13. The molecule has 0 aliphatic carbocycles. The predicted molar refractivity (Wildman–Crippen MR) is 103 cm³/mol. The number of carbonyl (C=O) groups is 1. The van der Waals surface area contributed by atoms with Gasteiger partial charge in [0.25, 0.3) is 17.7 Å². The van der Waals surface area contributed by atoms with Crippen LogP contribution in [0, 0.1) is 0 Å². The average molecular weight is 385 g/mol. The van der Waals surface area contributed by atoms with Crippen LogP contribution in [0.1, 0.15) is 26.2 Å². The Labute approximate surface area is 163 Å². The summed E-state index contributed by atoms with van der Waals surface area (Å²) < 4.78 is 16.3. The van der Waals surface area contributed by atoms with Crippen LogP contribution in [0.25, 0.3) is 11.7 Å². The topological polar surface area (TPSA) is 94.8 Å². The van der Waals surface area contributed by atoms with Gasteiger partial charge in [-0.05, 0) is 37.6 Å². The summed E-state index contributed by atoms with van der Waals surface area (Å²) in [6, 6.07) is 10.5. The summed E-state index contributed by atoms with van der Waals surface area (Å²) in [4.78, 5) is 13.8. The van der Waals surface area contributed by atoms with Gasteiger partial charge in [0.2, 0.25) is 0 Å². The summed E-state index contributed by atoms with van der Waals surface area (Å²) in [6.07, 6.45) is 2.47. The quantitative estimate of drug-likeness (QED) is 0.586. The molecule has 8 heteroatoms. The van der Waals surface area contributed by atoms with E-state index in [4.69, 9.17) is 13.6 Å². The number of nitrogens with one attached hydrogen (secondary N) is 2. The molecule has 0 bridgehead atoms.